The molecular weight excluding hydrogens is 290 g/mol. The summed E-state index contributed by atoms with van der Waals surface area (Å²) in [5.74, 6) is 1.54. The van der Waals surface area contributed by atoms with Crippen LogP contribution >= 0.6 is 0 Å². The van der Waals surface area contributed by atoms with Crippen molar-refractivity contribution < 1.29 is 9.47 Å². The van der Waals surface area contributed by atoms with Gasteiger partial charge in [-0.25, -0.2) is 0 Å². The Bertz CT molecular complexity index is 788. The molecule has 1 N–H and O–H groups in total. The van der Waals surface area contributed by atoms with Crippen molar-refractivity contribution in [3.05, 3.63) is 61.2 Å². The number of methoxy groups -OCH3 is 2. The van der Waals surface area contributed by atoms with Crippen LogP contribution in [-0.2, 0) is 0 Å². The topological polar surface area (TPSA) is 56.3 Å². The summed E-state index contributed by atoms with van der Waals surface area (Å²) in [5.41, 5.74) is 3.79. The molecule has 0 aliphatic heterocycles. The lowest BCUT2D eigenvalue weighted by atomic mass is 10.1. The van der Waals surface area contributed by atoms with E-state index in [-0.39, 0.29) is 0 Å². The van der Waals surface area contributed by atoms with Crippen LogP contribution in [0.25, 0.3) is 11.1 Å². The van der Waals surface area contributed by atoms with Crippen LogP contribution in [0.2, 0.25) is 0 Å². The number of ether oxygens (including phenoxy) is 2. The smallest absolute Gasteiger partial charge is 0.137 e. The molecule has 23 heavy (non-hydrogen) atoms. The molecule has 0 saturated carbocycles. The summed E-state index contributed by atoms with van der Waals surface area (Å²) in [4.78, 5) is 8.47. The molecule has 2 aromatic heterocycles. The largest absolute Gasteiger partial charge is 0.497 e. The fourth-order valence-corrected chi connectivity index (χ4v) is 2.20. The molecule has 2 heterocycles. The number of anilines is 2. The normalized spacial score (nSPS) is 10.2. The Kier molecular flexibility index (Phi) is 4.38. The van der Waals surface area contributed by atoms with Gasteiger partial charge in [0.15, 0.2) is 0 Å². The van der Waals surface area contributed by atoms with Gasteiger partial charge in [-0.2, -0.15) is 0 Å². The minimum absolute atomic E-state index is 0.719. The van der Waals surface area contributed by atoms with E-state index >= 15 is 0 Å². The van der Waals surface area contributed by atoms with E-state index in [4.69, 9.17) is 9.47 Å². The Labute approximate surface area is 134 Å². The second-order valence-electron chi connectivity index (χ2n) is 4.93. The molecule has 0 aliphatic rings. The van der Waals surface area contributed by atoms with Gasteiger partial charge in [0.25, 0.3) is 0 Å². The summed E-state index contributed by atoms with van der Waals surface area (Å²) in [5, 5.41) is 3.32. The number of pyridine rings is 2. The molecule has 0 atom stereocenters. The minimum Gasteiger partial charge on any atom is -0.497 e. The second-order valence-corrected chi connectivity index (χ2v) is 4.93. The van der Waals surface area contributed by atoms with Crippen molar-refractivity contribution in [1.29, 1.82) is 0 Å². The van der Waals surface area contributed by atoms with Crippen molar-refractivity contribution in [1.82, 2.24) is 9.97 Å². The Hall–Kier alpha value is -3.08. The first-order chi connectivity index (χ1) is 11.3. The first kappa shape index (κ1) is 14.8. The van der Waals surface area contributed by atoms with Crippen LogP contribution in [0.3, 0.4) is 0 Å². The third-order valence-electron chi connectivity index (χ3n) is 3.40. The lowest BCUT2D eigenvalue weighted by Gasteiger charge is -2.09. The molecule has 0 fully saturated rings. The van der Waals surface area contributed by atoms with Gasteiger partial charge in [0.1, 0.15) is 11.5 Å². The quantitative estimate of drug-likeness (QED) is 0.774. The summed E-state index contributed by atoms with van der Waals surface area (Å²) in [6.45, 7) is 0. The Morgan fingerprint density at radius 1 is 0.696 bits per heavy atom. The maximum absolute atomic E-state index is 5.21. The van der Waals surface area contributed by atoms with Crippen LogP contribution in [0.4, 0.5) is 11.4 Å². The lowest BCUT2D eigenvalue weighted by Crippen LogP contribution is -1.93. The Balaban J connectivity index is 1.84. The van der Waals surface area contributed by atoms with Crippen molar-refractivity contribution in [3.8, 4) is 22.6 Å². The molecule has 0 radical (unpaired) electrons. The zero-order chi connectivity index (χ0) is 16.1. The van der Waals surface area contributed by atoms with Crippen molar-refractivity contribution in [2.24, 2.45) is 0 Å². The molecule has 5 nitrogen and oxygen atoms in total. The molecule has 0 aliphatic carbocycles. The number of aromatic nitrogens is 2. The number of rotatable bonds is 5. The van der Waals surface area contributed by atoms with Crippen LogP contribution in [0.1, 0.15) is 0 Å². The fraction of sp³-hybridized carbons (Fsp3) is 0.111. The number of benzene rings is 1. The van der Waals surface area contributed by atoms with Gasteiger partial charge in [-0.05, 0) is 36.4 Å². The standard InChI is InChI=1S/C18H17N3O2/c1-22-17-5-3-15(4-6-17)21-16-7-13(9-19-11-16)14-8-18(23-2)12-20-10-14/h3-12,21H,1-2H3. The zero-order valence-electron chi connectivity index (χ0n) is 13.0. The number of hydrogen-bond acceptors (Lipinski definition) is 5. The highest BCUT2D eigenvalue weighted by Crippen LogP contribution is 2.26. The average molecular weight is 307 g/mol. The fourth-order valence-electron chi connectivity index (χ4n) is 2.20. The summed E-state index contributed by atoms with van der Waals surface area (Å²) in [7, 11) is 3.28. The maximum Gasteiger partial charge on any atom is 0.137 e. The van der Waals surface area contributed by atoms with Crippen LogP contribution < -0.4 is 14.8 Å². The van der Waals surface area contributed by atoms with Crippen LogP contribution in [-0.4, -0.2) is 24.2 Å². The molecule has 1 aromatic carbocycles. The lowest BCUT2D eigenvalue weighted by molar-refractivity contribution is 0.413. The van der Waals surface area contributed by atoms with E-state index < -0.39 is 0 Å². The molecule has 0 amide bonds. The molecule has 3 aromatic rings. The second kappa shape index (κ2) is 6.79. The third-order valence-corrected chi connectivity index (χ3v) is 3.40. The van der Waals surface area contributed by atoms with E-state index in [0.29, 0.717) is 0 Å². The van der Waals surface area contributed by atoms with Gasteiger partial charge in [-0.1, -0.05) is 0 Å². The van der Waals surface area contributed by atoms with Gasteiger partial charge >= 0.3 is 0 Å². The molecule has 3 rings (SSSR count). The van der Waals surface area contributed by atoms with Gasteiger partial charge in [0, 0.05) is 29.2 Å². The summed E-state index contributed by atoms with van der Waals surface area (Å²) >= 11 is 0. The van der Waals surface area contributed by atoms with Crippen molar-refractivity contribution in [2.45, 2.75) is 0 Å². The predicted molar refractivity (Wildman–Crippen MR) is 90.3 cm³/mol. The Morgan fingerprint density at radius 2 is 1.35 bits per heavy atom. The highest BCUT2D eigenvalue weighted by atomic mass is 16.5. The summed E-state index contributed by atoms with van der Waals surface area (Å²) in [6, 6.07) is 11.7. The highest BCUT2D eigenvalue weighted by Gasteiger charge is 2.03. The predicted octanol–water partition coefficient (Wildman–Crippen LogP) is 3.90. The van der Waals surface area contributed by atoms with E-state index in [9.17, 15) is 0 Å². The molecule has 0 unspecified atom stereocenters. The monoisotopic (exact) mass is 307 g/mol. The molecule has 0 bridgehead atoms. The van der Waals surface area contributed by atoms with E-state index in [0.717, 1.165) is 34.0 Å². The van der Waals surface area contributed by atoms with E-state index in [1.54, 1.807) is 39.0 Å². The summed E-state index contributed by atoms with van der Waals surface area (Å²) < 4.78 is 10.4. The van der Waals surface area contributed by atoms with Gasteiger partial charge in [-0.15, -0.1) is 0 Å². The third kappa shape index (κ3) is 3.58. The SMILES string of the molecule is COc1ccc(Nc2cncc(-c3cncc(OC)c3)c2)cc1. The van der Waals surface area contributed by atoms with Gasteiger partial charge in [0.2, 0.25) is 0 Å². The van der Waals surface area contributed by atoms with Gasteiger partial charge in [-0.3, -0.25) is 9.97 Å². The van der Waals surface area contributed by atoms with Gasteiger partial charge in [0.05, 0.1) is 32.3 Å². The van der Waals surface area contributed by atoms with Crippen LogP contribution in [0.5, 0.6) is 11.5 Å². The van der Waals surface area contributed by atoms with Gasteiger partial charge < -0.3 is 14.8 Å². The summed E-state index contributed by atoms with van der Waals surface area (Å²) in [6.07, 6.45) is 7.05. The minimum atomic E-state index is 0.719. The first-order valence-corrected chi connectivity index (χ1v) is 7.14. The maximum atomic E-state index is 5.21. The first-order valence-electron chi connectivity index (χ1n) is 7.14. The van der Waals surface area contributed by atoms with Crippen LogP contribution in [0.15, 0.2) is 61.2 Å². The molecule has 116 valence electrons. The van der Waals surface area contributed by atoms with E-state index in [1.807, 2.05) is 36.4 Å². The van der Waals surface area contributed by atoms with Crippen molar-refractivity contribution in [3.63, 3.8) is 0 Å². The van der Waals surface area contributed by atoms with E-state index in [1.165, 1.54) is 0 Å². The molecule has 0 spiro atoms. The average Bonchev–Trinajstić information content (AvgIpc) is 2.63. The molecular formula is C18H17N3O2. The number of nitrogens with one attached hydrogen (secondary N) is 1. The highest BCUT2D eigenvalue weighted by molar-refractivity contribution is 5.69. The number of hydrogen-bond donors (Lipinski definition) is 1. The molecule has 0 saturated heterocycles. The Morgan fingerprint density at radius 3 is 2.04 bits per heavy atom. The van der Waals surface area contributed by atoms with E-state index in [2.05, 4.69) is 15.3 Å². The van der Waals surface area contributed by atoms with Crippen LogP contribution in [0, 0.1) is 0 Å². The number of nitrogens with zero attached hydrogens (tertiary/aromatic N) is 2. The van der Waals surface area contributed by atoms with Crippen molar-refractivity contribution in [2.75, 3.05) is 19.5 Å². The molecule has 5 heteroatoms. The zero-order valence-corrected chi connectivity index (χ0v) is 13.0. The van der Waals surface area contributed by atoms with Crippen molar-refractivity contribution >= 4 is 11.4 Å².